The van der Waals surface area contributed by atoms with E-state index in [9.17, 15) is 0 Å². The average Bonchev–Trinajstić information content (AvgIpc) is 2.92. The molecule has 0 unspecified atom stereocenters. The molecule has 0 saturated carbocycles. The van der Waals surface area contributed by atoms with Crippen molar-refractivity contribution in [1.82, 2.24) is 24.8 Å². The summed E-state index contributed by atoms with van der Waals surface area (Å²) < 4.78 is 2.09. The summed E-state index contributed by atoms with van der Waals surface area (Å²) in [6.07, 6.45) is 10.3. The van der Waals surface area contributed by atoms with Crippen LogP contribution < -0.4 is 5.32 Å². The van der Waals surface area contributed by atoms with Crippen LogP contribution in [0, 0.1) is 5.92 Å². The zero-order valence-electron chi connectivity index (χ0n) is 12.8. The number of aryl methyl sites for hydroxylation is 1. The third kappa shape index (κ3) is 3.29. The first-order valence-electron chi connectivity index (χ1n) is 7.81. The highest BCUT2D eigenvalue weighted by atomic mass is 15.1. The van der Waals surface area contributed by atoms with Gasteiger partial charge in [0.05, 0.1) is 23.8 Å². The fourth-order valence-corrected chi connectivity index (χ4v) is 2.72. The van der Waals surface area contributed by atoms with Crippen molar-refractivity contribution in [2.45, 2.75) is 46.1 Å². The molecular formula is C16H23N5. The van der Waals surface area contributed by atoms with Crippen molar-refractivity contribution in [1.29, 1.82) is 0 Å². The number of hydrogen-bond donors (Lipinski definition) is 1. The van der Waals surface area contributed by atoms with Crippen molar-refractivity contribution in [3.05, 3.63) is 35.8 Å². The molecular weight excluding hydrogens is 262 g/mol. The lowest BCUT2D eigenvalue weighted by Gasteiger charge is -2.13. The maximum atomic E-state index is 4.55. The lowest BCUT2D eigenvalue weighted by Crippen LogP contribution is -2.19. The smallest absolute Gasteiger partial charge is 0.156 e. The molecule has 3 rings (SSSR count). The number of imidazole rings is 1. The molecule has 1 N–H and O–H groups in total. The van der Waals surface area contributed by atoms with Gasteiger partial charge in [0.25, 0.3) is 0 Å². The first kappa shape index (κ1) is 14.2. The van der Waals surface area contributed by atoms with E-state index in [1.165, 1.54) is 24.2 Å². The molecule has 0 saturated heterocycles. The maximum absolute atomic E-state index is 4.55. The largest absolute Gasteiger partial charge is 0.311 e. The van der Waals surface area contributed by atoms with Crippen molar-refractivity contribution >= 4 is 0 Å². The van der Waals surface area contributed by atoms with E-state index in [2.05, 4.69) is 38.7 Å². The second-order valence-corrected chi connectivity index (χ2v) is 6.11. The highest BCUT2D eigenvalue weighted by molar-refractivity contribution is 5.28. The van der Waals surface area contributed by atoms with Crippen molar-refractivity contribution in [2.24, 2.45) is 5.92 Å². The van der Waals surface area contributed by atoms with Gasteiger partial charge in [-0.3, -0.25) is 9.55 Å². The van der Waals surface area contributed by atoms with Crippen LogP contribution in [0.2, 0.25) is 0 Å². The Kier molecular flexibility index (Phi) is 4.29. The third-order valence-electron chi connectivity index (χ3n) is 3.83. The predicted molar refractivity (Wildman–Crippen MR) is 82.3 cm³/mol. The van der Waals surface area contributed by atoms with Crippen LogP contribution in [-0.4, -0.2) is 26.1 Å². The van der Waals surface area contributed by atoms with Crippen LogP contribution in [0.3, 0.4) is 0 Å². The Bertz CT molecular complexity index is 585. The quantitative estimate of drug-likeness (QED) is 0.915. The van der Waals surface area contributed by atoms with Crippen LogP contribution in [0.25, 0.3) is 5.82 Å². The molecule has 0 aromatic carbocycles. The van der Waals surface area contributed by atoms with Gasteiger partial charge in [0.2, 0.25) is 0 Å². The summed E-state index contributed by atoms with van der Waals surface area (Å²) >= 11 is 0. The van der Waals surface area contributed by atoms with Crippen LogP contribution in [0.5, 0.6) is 0 Å². The van der Waals surface area contributed by atoms with Gasteiger partial charge in [0.15, 0.2) is 5.82 Å². The van der Waals surface area contributed by atoms with E-state index < -0.39 is 0 Å². The molecule has 1 aliphatic rings. The first-order chi connectivity index (χ1) is 10.2. The van der Waals surface area contributed by atoms with E-state index in [0.717, 1.165) is 37.4 Å². The summed E-state index contributed by atoms with van der Waals surface area (Å²) in [6.45, 7) is 6.17. The van der Waals surface area contributed by atoms with Gasteiger partial charge < -0.3 is 5.32 Å². The summed E-state index contributed by atoms with van der Waals surface area (Å²) in [4.78, 5) is 13.6. The van der Waals surface area contributed by atoms with Crippen molar-refractivity contribution < 1.29 is 0 Å². The van der Waals surface area contributed by atoms with E-state index >= 15 is 0 Å². The topological polar surface area (TPSA) is 55.6 Å². The molecule has 2 aromatic heterocycles. The fourth-order valence-electron chi connectivity index (χ4n) is 2.72. The molecule has 112 valence electrons. The molecule has 5 nitrogen and oxygen atoms in total. The van der Waals surface area contributed by atoms with Gasteiger partial charge >= 0.3 is 0 Å². The SMILES string of the molecule is CC(C)CNCc1cnc(-n2cnc3c2CCCC3)cn1. The Morgan fingerprint density at radius 3 is 2.76 bits per heavy atom. The molecule has 21 heavy (non-hydrogen) atoms. The summed E-state index contributed by atoms with van der Waals surface area (Å²) in [5.41, 5.74) is 3.51. The third-order valence-corrected chi connectivity index (χ3v) is 3.83. The molecule has 0 aliphatic heterocycles. The Labute approximate surface area is 125 Å². The molecule has 0 radical (unpaired) electrons. The minimum atomic E-state index is 0.648. The lowest BCUT2D eigenvalue weighted by atomic mass is 10.0. The molecule has 0 bridgehead atoms. The number of nitrogens with zero attached hydrogens (tertiary/aromatic N) is 4. The normalized spacial score (nSPS) is 14.4. The maximum Gasteiger partial charge on any atom is 0.156 e. The van der Waals surface area contributed by atoms with Crippen LogP contribution in [-0.2, 0) is 19.4 Å². The van der Waals surface area contributed by atoms with Gasteiger partial charge in [-0.2, -0.15) is 0 Å². The van der Waals surface area contributed by atoms with E-state index in [1.54, 1.807) is 0 Å². The Morgan fingerprint density at radius 2 is 2.00 bits per heavy atom. The van der Waals surface area contributed by atoms with Gasteiger partial charge in [-0.1, -0.05) is 13.8 Å². The number of nitrogens with one attached hydrogen (secondary N) is 1. The minimum Gasteiger partial charge on any atom is -0.311 e. The van der Waals surface area contributed by atoms with Crippen LogP contribution in [0.15, 0.2) is 18.7 Å². The molecule has 5 heteroatoms. The Balaban J connectivity index is 1.71. The summed E-state index contributed by atoms with van der Waals surface area (Å²) in [6, 6.07) is 0. The zero-order valence-corrected chi connectivity index (χ0v) is 12.8. The number of rotatable bonds is 5. The van der Waals surface area contributed by atoms with Crippen LogP contribution >= 0.6 is 0 Å². The Morgan fingerprint density at radius 1 is 1.14 bits per heavy atom. The summed E-state index contributed by atoms with van der Waals surface area (Å²) in [5, 5.41) is 3.38. The van der Waals surface area contributed by atoms with Gasteiger partial charge in [-0.25, -0.2) is 9.97 Å². The molecule has 0 atom stereocenters. The zero-order chi connectivity index (χ0) is 14.7. The second kappa shape index (κ2) is 6.35. The molecule has 2 aromatic rings. The van der Waals surface area contributed by atoms with Gasteiger partial charge in [-0.05, 0) is 38.1 Å². The number of aromatic nitrogens is 4. The summed E-state index contributed by atoms with van der Waals surface area (Å²) in [5.74, 6) is 1.52. The van der Waals surface area contributed by atoms with Gasteiger partial charge in [0, 0.05) is 12.2 Å². The van der Waals surface area contributed by atoms with Gasteiger partial charge in [0.1, 0.15) is 6.33 Å². The molecule has 0 spiro atoms. The molecule has 0 fully saturated rings. The van der Waals surface area contributed by atoms with Crippen molar-refractivity contribution in [3.63, 3.8) is 0 Å². The number of hydrogen-bond acceptors (Lipinski definition) is 4. The predicted octanol–water partition coefficient (Wildman–Crippen LogP) is 2.29. The van der Waals surface area contributed by atoms with Crippen molar-refractivity contribution in [2.75, 3.05) is 6.54 Å². The molecule has 0 amide bonds. The highest BCUT2D eigenvalue weighted by Crippen LogP contribution is 2.21. The molecule has 1 aliphatic carbocycles. The first-order valence-corrected chi connectivity index (χ1v) is 7.81. The highest BCUT2D eigenvalue weighted by Gasteiger charge is 2.16. The van der Waals surface area contributed by atoms with Crippen molar-refractivity contribution in [3.8, 4) is 5.82 Å². The second-order valence-electron chi connectivity index (χ2n) is 6.11. The fraction of sp³-hybridized carbons (Fsp3) is 0.562. The average molecular weight is 285 g/mol. The van der Waals surface area contributed by atoms with E-state index in [-0.39, 0.29) is 0 Å². The minimum absolute atomic E-state index is 0.648. The standard InChI is InChI=1S/C16H23N5/c1-12(2)7-17-8-13-9-19-16(10-18-13)21-11-20-14-5-3-4-6-15(14)21/h9-12,17H,3-8H2,1-2H3. The van der Waals surface area contributed by atoms with Gasteiger partial charge in [-0.15, -0.1) is 0 Å². The van der Waals surface area contributed by atoms with E-state index in [4.69, 9.17) is 0 Å². The van der Waals surface area contributed by atoms with Crippen LogP contribution in [0.1, 0.15) is 43.8 Å². The lowest BCUT2D eigenvalue weighted by molar-refractivity contribution is 0.547. The van der Waals surface area contributed by atoms with Crippen LogP contribution in [0.4, 0.5) is 0 Å². The van der Waals surface area contributed by atoms with E-state index in [1.807, 2.05) is 18.7 Å². The Hall–Kier alpha value is -1.75. The number of fused-ring (bicyclic) bond motifs is 1. The van der Waals surface area contributed by atoms with E-state index in [0.29, 0.717) is 5.92 Å². The summed E-state index contributed by atoms with van der Waals surface area (Å²) in [7, 11) is 0. The monoisotopic (exact) mass is 285 g/mol. The molecule has 2 heterocycles.